The number of aryl methyl sites for hydroxylation is 2. The molecule has 4 N–H and O–H groups in total. The fourth-order valence-electron chi connectivity index (χ4n) is 7.01. The Labute approximate surface area is 382 Å². The number of carbonyl (C=O) groups excluding carboxylic acids is 3. The van der Waals surface area contributed by atoms with Gasteiger partial charge >= 0.3 is 261 Å². The molecule has 0 saturated heterocycles. The number of nitrogens with one attached hydrogen (secondary N) is 2. The summed E-state index contributed by atoms with van der Waals surface area (Å²) < 4.78 is 152. The number of nitrogens with zero attached hydrogens (tertiary/aromatic N) is 2. The third kappa shape index (κ3) is 11.7. The standard InChI is InChI=1S/C39H45F7N5O9P2.3CH3.Sn/c1-7-57-61(55,58-8-2)37(40,41)29-16-14-25(18-23(29)5)20-31(33(47)52)48-35(54)32(49-34(53)27-12-11-13-28(22-27)36(50-51-36)39(44,45)46)21-26-15-17-30(24(6)19-26)38(42,43)62(56,59-9-3)60-10-4;;;;/h12-19,22,31-32H,7-10,20-21H2,1-6H3,(H2,47,52)(H,48,54)(H,49,53);3*1H3;/t31-,32-;;;;/m0..../s1. The number of alkyl halides is 7. The van der Waals surface area contributed by atoms with Gasteiger partial charge < -0.3 is 18.1 Å². The van der Waals surface area contributed by atoms with Crippen LogP contribution in [0.1, 0.15) is 77.0 Å². The van der Waals surface area contributed by atoms with Crippen molar-refractivity contribution in [3.63, 3.8) is 0 Å². The van der Waals surface area contributed by atoms with Crippen LogP contribution in [-0.4, -0.2) is 80.8 Å². The molecule has 0 aliphatic carbocycles. The zero-order chi connectivity index (χ0) is 49.8. The Morgan fingerprint density at radius 2 is 1.11 bits per heavy atom. The Morgan fingerprint density at radius 3 is 1.45 bits per heavy atom. The first-order chi connectivity index (χ1) is 30.5. The average molecular weight is 1090 g/mol. The van der Waals surface area contributed by atoms with Crippen molar-refractivity contribution in [3.05, 3.63) is 99.1 Å². The molecule has 4 rings (SSSR count). The van der Waals surface area contributed by atoms with E-state index in [9.17, 15) is 36.7 Å². The van der Waals surface area contributed by atoms with Crippen molar-refractivity contribution in [3.8, 4) is 0 Å². The topological polar surface area (TPSA) is 197 Å². The molecule has 0 unspecified atom stereocenters. The number of hydrogen-bond acceptors (Lipinski definition) is 11. The summed E-state index contributed by atoms with van der Waals surface area (Å²) in [6.07, 6.45) is -5.79. The maximum atomic E-state index is 15.8. The first-order valence-corrected chi connectivity index (χ1v) is 33.9. The molecule has 14 nitrogen and oxygen atoms in total. The van der Waals surface area contributed by atoms with Gasteiger partial charge in [-0.3, -0.25) is 9.13 Å². The molecule has 3 aromatic rings. The van der Waals surface area contributed by atoms with Crippen LogP contribution in [0.25, 0.3) is 0 Å². The number of carbonyl (C=O) groups is 3. The number of benzene rings is 3. The van der Waals surface area contributed by atoms with E-state index in [0.717, 1.165) is 18.2 Å². The fourth-order valence-corrected chi connectivity index (χ4v) is 13.6. The van der Waals surface area contributed by atoms with E-state index in [1.165, 1.54) is 77.9 Å². The van der Waals surface area contributed by atoms with Crippen molar-refractivity contribution in [2.75, 3.05) is 26.4 Å². The van der Waals surface area contributed by atoms with Crippen LogP contribution in [0.5, 0.6) is 0 Å². The first kappa shape index (κ1) is 54.9. The predicted octanol–water partition coefficient (Wildman–Crippen LogP) is 9.21. The zero-order valence-electron chi connectivity index (χ0n) is 37.8. The molecule has 3 amide bonds. The number of nitrogens with two attached hydrogens (primary N) is 1. The van der Waals surface area contributed by atoms with Gasteiger partial charge in [0.05, 0.1) is 26.4 Å². The van der Waals surface area contributed by atoms with Gasteiger partial charge in [0, 0.05) is 5.56 Å². The van der Waals surface area contributed by atoms with Crippen LogP contribution in [0.4, 0.5) is 30.7 Å². The van der Waals surface area contributed by atoms with Crippen molar-refractivity contribution in [1.82, 2.24) is 10.6 Å². The second-order valence-electron chi connectivity index (χ2n) is 16.4. The molecule has 0 aromatic heterocycles. The molecule has 0 saturated carbocycles. The van der Waals surface area contributed by atoms with Crippen molar-refractivity contribution < 1.29 is 72.3 Å². The number of halogens is 7. The number of amides is 3. The smallest absolute Gasteiger partial charge is 0.0409 e. The average Bonchev–Trinajstić information content (AvgIpc) is 4.03. The van der Waals surface area contributed by atoms with Crippen LogP contribution in [0.2, 0.25) is 14.8 Å². The van der Waals surface area contributed by atoms with Crippen LogP contribution in [0.15, 0.2) is 64.8 Å². The van der Waals surface area contributed by atoms with Crippen molar-refractivity contribution in [2.24, 2.45) is 16.0 Å². The van der Waals surface area contributed by atoms with Crippen LogP contribution in [-0.2, 0) is 66.6 Å². The number of rotatable bonds is 23. The van der Waals surface area contributed by atoms with E-state index >= 15 is 17.6 Å². The third-order valence-corrected chi connectivity index (χ3v) is 20.5. The van der Waals surface area contributed by atoms with E-state index in [4.69, 9.17) is 23.8 Å². The van der Waals surface area contributed by atoms with E-state index in [0.29, 0.717) is 3.58 Å². The van der Waals surface area contributed by atoms with E-state index < -0.39 is 110 Å². The number of primary amides is 1. The van der Waals surface area contributed by atoms with Gasteiger partial charge in [-0.2, -0.15) is 17.6 Å². The molecule has 1 aliphatic rings. The van der Waals surface area contributed by atoms with Gasteiger partial charge in [-0.15, -0.1) is 0 Å². The van der Waals surface area contributed by atoms with Gasteiger partial charge in [-0.05, 0) is 40.2 Å². The molecule has 0 radical (unpaired) electrons. The maximum absolute atomic E-state index is 15.8. The van der Waals surface area contributed by atoms with Gasteiger partial charge in [0.25, 0.3) is 0 Å². The molecule has 364 valence electrons. The Bertz CT molecular complexity index is 2410. The summed E-state index contributed by atoms with van der Waals surface area (Å²) in [6, 6.07) is 7.19. The van der Waals surface area contributed by atoms with Crippen LogP contribution < -0.4 is 19.9 Å². The third-order valence-electron chi connectivity index (χ3n) is 10.4. The van der Waals surface area contributed by atoms with Gasteiger partial charge in [0.2, 0.25) is 0 Å². The Hall–Kier alpha value is -3.72. The predicted molar refractivity (Wildman–Crippen MR) is 234 cm³/mol. The summed E-state index contributed by atoms with van der Waals surface area (Å²) in [7, 11) is -10.0. The quantitative estimate of drug-likeness (QED) is 0.0471. The summed E-state index contributed by atoms with van der Waals surface area (Å²) in [6.45, 7) is 6.64. The second kappa shape index (κ2) is 20.9. The molecule has 1 aliphatic heterocycles. The SMILES string of the molecule is CCOP(=O)(OCC)C(F)(F)c1ccc(C[C@H](NC(=O)[C@H](Cc2ccc(C(F)(F)P(=O)(OCC)OCC)c(C)c2)NC(=O)c2cc(C3(C(F)(F)F)N=N3)c[c]([Sn]([CH3])([CH3])[CH3])c2)C(N)=O)cc1C. The monoisotopic (exact) mass is 1090 g/mol. The summed E-state index contributed by atoms with van der Waals surface area (Å²) in [5, 5.41) is 11.5. The van der Waals surface area contributed by atoms with Crippen molar-refractivity contribution >= 4 is 54.9 Å². The van der Waals surface area contributed by atoms with Crippen molar-refractivity contribution in [2.45, 2.75) is 104 Å². The zero-order valence-corrected chi connectivity index (χ0v) is 42.4. The molecule has 0 bridgehead atoms. The van der Waals surface area contributed by atoms with Crippen molar-refractivity contribution in [1.29, 1.82) is 0 Å². The van der Waals surface area contributed by atoms with Crippen LogP contribution in [0, 0.1) is 13.8 Å². The molecule has 1 heterocycles. The Kier molecular flexibility index (Phi) is 17.4. The molecular weight excluding hydrogens is 1030 g/mol. The van der Waals surface area contributed by atoms with E-state index in [1.807, 2.05) is 14.8 Å². The molecule has 24 heteroatoms. The Morgan fingerprint density at radius 1 is 0.682 bits per heavy atom. The summed E-state index contributed by atoms with van der Waals surface area (Å²) in [5.41, 5.74) is -7.36. The molecule has 66 heavy (non-hydrogen) atoms. The molecule has 0 spiro atoms. The minimum Gasteiger partial charge on any atom is -0.0409 e. The summed E-state index contributed by atoms with van der Waals surface area (Å²) in [5.74, 6) is -3.19. The summed E-state index contributed by atoms with van der Waals surface area (Å²) >= 11 is -3.31. The molecule has 3 aromatic carbocycles. The molecular formula is C42H54F7N5O9P2Sn. The minimum atomic E-state index is -5.04. The van der Waals surface area contributed by atoms with Gasteiger partial charge in [0.1, 0.15) is 0 Å². The number of hydrogen-bond donors (Lipinski definition) is 3. The second-order valence-corrected chi connectivity index (χ2v) is 35.0. The first-order valence-electron chi connectivity index (χ1n) is 20.8. The normalized spacial score (nSPS) is 15.3. The van der Waals surface area contributed by atoms with E-state index in [1.54, 1.807) is 0 Å². The molecule has 0 fully saturated rings. The van der Waals surface area contributed by atoms with Crippen LogP contribution >= 0.6 is 15.2 Å². The minimum absolute atomic E-state index is 0.0827. The molecule has 2 atom stereocenters. The fraction of sp³-hybridized carbons (Fsp3) is 0.500. The van der Waals surface area contributed by atoms with Gasteiger partial charge in [-0.25, -0.2) is 0 Å². The van der Waals surface area contributed by atoms with E-state index in [-0.39, 0.29) is 60.7 Å². The van der Waals surface area contributed by atoms with Gasteiger partial charge in [0.15, 0.2) is 0 Å². The Balaban J connectivity index is 1.75. The van der Waals surface area contributed by atoms with Gasteiger partial charge in [-0.1, -0.05) is 6.07 Å². The summed E-state index contributed by atoms with van der Waals surface area (Å²) in [4.78, 5) is 46.9. The van der Waals surface area contributed by atoms with E-state index in [2.05, 4.69) is 20.9 Å². The van der Waals surface area contributed by atoms with Crippen LogP contribution in [0.3, 0.4) is 0 Å².